The molecule has 2 aromatic carbocycles. The highest BCUT2D eigenvalue weighted by atomic mass is 16.6. The molecule has 22 heavy (non-hydrogen) atoms. The van der Waals surface area contributed by atoms with E-state index in [0.717, 1.165) is 11.3 Å². The zero-order valence-corrected chi connectivity index (χ0v) is 12.4. The lowest BCUT2D eigenvalue weighted by atomic mass is 10.1. The highest BCUT2D eigenvalue weighted by molar-refractivity contribution is 5.93. The lowest BCUT2D eigenvalue weighted by Crippen LogP contribution is -2.21. The Labute approximate surface area is 128 Å². The first-order chi connectivity index (χ1) is 10.5. The number of hydrogen-bond donors (Lipinski definition) is 1. The van der Waals surface area contributed by atoms with Gasteiger partial charge < -0.3 is 10.2 Å². The van der Waals surface area contributed by atoms with Crippen molar-refractivity contribution < 1.29 is 9.72 Å². The third-order valence-corrected chi connectivity index (χ3v) is 3.18. The molecule has 0 aliphatic carbocycles. The van der Waals surface area contributed by atoms with Gasteiger partial charge in [0, 0.05) is 44.0 Å². The molecule has 2 aromatic rings. The van der Waals surface area contributed by atoms with Crippen LogP contribution in [0, 0.1) is 10.1 Å². The van der Waals surface area contributed by atoms with Crippen molar-refractivity contribution in [3.8, 4) is 0 Å². The maximum Gasteiger partial charge on any atom is 0.269 e. The summed E-state index contributed by atoms with van der Waals surface area (Å²) in [6.45, 7) is 0.578. The summed E-state index contributed by atoms with van der Waals surface area (Å²) in [7, 11) is 3.43. The molecule has 1 amide bonds. The lowest BCUT2D eigenvalue weighted by Gasteiger charge is -2.11. The highest BCUT2D eigenvalue weighted by Crippen LogP contribution is 2.16. The number of anilines is 1. The van der Waals surface area contributed by atoms with Gasteiger partial charge in [0.1, 0.15) is 0 Å². The van der Waals surface area contributed by atoms with Crippen LogP contribution in [-0.2, 0) is 6.54 Å². The fraction of sp³-hybridized carbons (Fsp3) is 0.188. The Kier molecular flexibility index (Phi) is 4.73. The average Bonchev–Trinajstić information content (AvgIpc) is 2.53. The first-order valence-corrected chi connectivity index (χ1v) is 6.76. The van der Waals surface area contributed by atoms with E-state index in [2.05, 4.69) is 5.32 Å². The van der Waals surface area contributed by atoms with E-state index in [0.29, 0.717) is 12.1 Å². The van der Waals surface area contributed by atoms with Crippen molar-refractivity contribution >= 4 is 17.3 Å². The molecule has 0 spiro atoms. The zero-order valence-electron chi connectivity index (χ0n) is 12.4. The van der Waals surface area contributed by atoms with Gasteiger partial charge in [0.15, 0.2) is 0 Å². The van der Waals surface area contributed by atoms with Crippen LogP contribution >= 0.6 is 0 Å². The number of carbonyl (C=O) groups is 1. The maximum atomic E-state index is 11.8. The molecule has 6 heteroatoms. The van der Waals surface area contributed by atoms with E-state index in [1.54, 1.807) is 38.4 Å². The van der Waals surface area contributed by atoms with Gasteiger partial charge in [-0.3, -0.25) is 14.9 Å². The predicted octanol–water partition coefficient (Wildman–Crippen LogP) is 2.91. The van der Waals surface area contributed by atoms with Crippen molar-refractivity contribution in [1.29, 1.82) is 0 Å². The second kappa shape index (κ2) is 6.71. The van der Waals surface area contributed by atoms with E-state index in [1.807, 2.05) is 12.1 Å². The summed E-state index contributed by atoms with van der Waals surface area (Å²) in [4.78, 5) is 23.5. The summed E-state index contributed by atoms with van der Waals surface area (Å²) in [6, 6.07) is 13.6. The zero-order chi connectivity index (χ0) is 16.1. The molecule has 114 valence electrons. The number of amides is 1. The number of hydrogen-bond acceptors (Lipinski definition) is 4. The van der Waals surface area contributed by atoms with Crippen LogP contribution in [0.5, 0.6) is 0 Å². The smallest absolute Gasteiger partial charge is 0.269 e. The Bertz CT molecular complexity index is 664. The summed E-state index contributed by atoms with van der Waals surface area (Å²) in [6.07, 6.45) is 0. The molecular weight excluding hydrogens is 282 g/mol. The van der Waals surface area contributed by atoms with Crippen LogP contribution in [0.15, 0.2) is 48.5 Å². The van der Waals surface area contributed by atoms with E-state index in [9.17, 15) is 14.9 Å². The molecule has 0 aliphatic heterocycles. The molecular formula is C16H17N3O3. The van der Waals surface area contributed by atoms with Gasteiger partial charge in [-0.25, -0.2) is 0 Å². The Morgan fingerprint density at radius 2 is 1.68 bits per heavy atom. The molecule has 1 N–H and O–H groups in total. The minimum Gasteiger partial charge on any atom is -0.381 e. The summed E-state index contributed by atoms with van der Waals surface area (Å²) in [5, 5.41) is 13.8. The van der Waals surface area contributed by atoms with Crippen LogP contribution in [0.4, 0.5) is 11.4 Å². The van der Waals surface area contributed by atoms with E-state index in [4.69, 9.17) is 0 Å². The average molecular weight is 299 g/mol. The second-order valence-electron chi connectivity index (χ2n) is 5.05. The van der Waals surface area contributed by atoms with Crippen molar-refractivity contribution in [2.45, 2.75) is 6.54 Å². The molecule has 0 saturated carbocycles. The molecule has 0 fully saturated rings. The van der Waals surface area contributed by atoms with Gasteiger partial charge in [-0.15, -0.1) is 0 Å². The van der Waals surface area contributed by atoms with E-state index in [-0.39, 0.29) is 11.6 Å². The quantitative estimate of drug-likeness (QED) is 0.680. The fourth-order valence-electron chi connectivity index (χ4n) is 1.93. The van der Waals surface area contributed by atoms with Crippen molar-refractivity contribution in [3.05, 3.63) is 69.8 Å². The van der Waals surface area contributed by atoms with Crippen molar-refractivity contribution in [2.75, 3.05) is 19.4 Å². The van der Waals surface area contributed by atoms with Crippen LogP contribution in [0.1, 0.15) is 15.9 Å². The van der Waals surface area contributed by atoms with E-state index >= 15 is 0 Å². The van der Waals surface area contributed by atoms with Gasteiger partial charge in [0.05, 0.1) is 4.92 Å². The standard InChI is InChI=1S/C16H17N3O3/c1-18(2)16(20)13-5-3-12(4-6-13)11-17-14-7-9-15(10-8-14)19(21)22/h3-10,17H,11H2,1-2H3. The Balaban J connectivity index is 1.97. The normalized spacial score (nSPS) is 10.1. The predicted molar refractivity (Wildman–Crippen MR) is 84.9 cm³/mol. The SMILES string of the molecule is CN(C)C(=O)c1ccc(CNc2ccc([N+](=O)[O-])cc2)cc1. The van der Waals surface area contributed by atoms with Crippen LogP contribution in [0.2, 0.25) is 0 Å². The largest absolute Gasteiger partial charge is 0.381 e. The number of carbonyl (C=O) groups excluding carboxylic acids is 1. The monoisotopic (exact) mass is 299 g/mol. The van der Waals surface area contributed by atoms with Crippen LogP contribution in [-0.4, -0.2) is 29.8 Å². The number of nitro groups is 1. The topological polar surface area (TPSA) is 75.5 Å². The molecule has 0 unspecified atom stereocenters. The van der Waals surface area contributed by atoms with Gasteiger partial charge >= 0.3 is 0 Å². The lowest BCUT2D eigenvalue weighted by molar-refractivity contribution is -0.384. The summed E-state index contributed by atoms with van der Waals surface area (Å²) in [5.74, 6) is -0.0325. The molecule has 0 heterocycles. The minimum absolute atomic E-state index is 0.0325. The third-order valence-electron chi connectivity index (χ3n) is 3.18. The van der Waals surface area contributed by atoms with Crippen molar-refractivity contribution in [3.63, 3.8) is 0 Å². The molecule has 0 atom stereocenters. The van der Waals surface area contributed by atoms with Crippen molar-refractivity contribution in [2.24, 2.45) is 0 Å². The minimum atomic E-state index is -0.426. The van der Waals surface area contributed by atoms with Crippen LogP contribution < -0.4 is 5.32 Å². The second-order valence-corrected chi connectivity index (χ2v) is 5.05. The third kappa shape index (κ3) is 3.82. The van der Waals surface area contributed by atoms with Gasteiger partial charge in [0.2, 0.25) is 0 Å². The first kappa shape index (κ1) is 15.5. The summed E-state index contributed by atoms with van der Waals surface area (Å²) >= 11 is 0. The van der Waals surface area contributed by atoms with Gasteiger partial charge in [0.25, 0.3) is 11.6 Å². The van der Waals surface area contributed by atoms with E-state index in [1.165, 1.54) is 17.0 Å². The fourth-order valence-corrected chi connectivity index (χ4v) is 1.93. The molecule has 6 nitrogen and oxygen atoms in total. The number of rotatable bonds is 5. The van der Waals surface area contributed by atoms with Gasteiger partial charge in [-0.1, -0.05) is 12.1 Å². The maximum absolute atomic E-state index is 11.8. The number of benzene rings is 2. The molecule has 0 saturated heterocycles. The highest BCUT2D eigenvalue weighted by Gasteiger charge is 2.07. The first-order valence-electron chi connectivity index (χ1n) is 6.76. The number of nitrogens with zero attached hydrogens (tertiary/aromatic N) is 2. The van der Waals surface area contributed by atoms with Crippen LogP contribution in [0.25, 0.3) is 0 Å². The molecule has 0 aromatic heterocycles. The molecule has 0 aliphatic rings. The number of non-ortho nitro benzene ring substituents is 1. The Morgan fingerprint density at radius 3 is 2.18 bits per heavy atom. The molecule has 0 radical (unpaired) electrons. The summed E-state index contributed by atoms with van der Waals surface area (Å²) < 4.78 is 0. The Hall–Kier alpha value is -2.89. The summed E-state index contributed by atoms with van der Waals surface area (Å²) in [5.41, 5.74) is 2.54. The van der Waals surface area contributed by atoms with Crippen molar-refractivity contribution in [1.82, 2.24) is 4.90 Å². The van der Waals surface area contributed by atoms with Gasteiger partial charge in [-0.05, 0) is 29.8 Å². The number of nitrogens with one attached hydrogen (secondary N) is 1. The van der Waals surface area contributed by atoms with E-state index < -0.39 is 4.92 Å². The van der Waals surface area contributed by atoms with Crippen LogP contribution in [0.3, 0.4) is 0 Å². The Morgan fingerprint density at radius 1 is 1.09 bits per heavy atom. The molecule has 2 rings (SSSR count). The molecule has 0 bridgehead atoms. The van der Waals surface area contributed by atoms with Gasteiger partial charge in [-0.2, -0.15) is 0 Å². The number of nitro benzene ring substituents is 1.